The molecule has 108 valence electrons. The van der Waals surface area contributed by atoms with Crippen LogP contribution < -0.4 is 0 Å². The Morgan fingerprint density at radius 1 is 1.37 bits per heavy atom. The molecule has 2 saturated heterocycles. The van der Waals surface area contributed by atoms with Crippen LogP contribution in [-0.2, 0) is 4.79 Å². The van der Waals surface area contributed by atoms with Gasteiger partial charge in [-0.2, -0.15) is 0 Å². The van der Waals surface area contributed by atoms with E-state index in [0.29, 0.717) is 11.8 Å². The number of aliphatic hydroxyl groups is 1. The summed E-state index contributed by atoms with van der Waals surface area (Å²) in [6.45, 7) is 8.52. The molecule has 2 fully saturated rings. The van der Waals surface area contributed by atoms with E-state index in [1.54, 1.807) is 6.08 Å². The van der Waals surface area contributed by atoms with Crippen LogP contribution in [0.3, 0.4) is 0 Å². The molecule has 1 N–H and O–H groups in total. The number of hydrogen-bond donors (Lipinski definition) is 1. The fraction of sp³-hybridized carbons (Fsp3) is 0.800. The molecule has 0 aliphatic carbocycles. The van der Waals surface area contributed by atoms with E-state index in [2.05, 4.69) is 18.7 Å². The molecule has 1 amide bonds. The second-order valence-corrected chi connectivity index (χ2v) is 6.21. The first-order valence-electron chi connectivity index (χ1n) is 7.42. The van der Waals surface area contributed by atoms with Crippen LogP contribution in [-0.4, -0.2) is 59.6 Å². The second kappa shape index (κ2) is 6.53. The van der Waals surface area contributed by atoms with Crippen molar-refractivity contribution in [3.8, 4) is 0 Å². The van der Waals surface area contributed by atoms with Gasteiger partial charge in [0.05, 0.1) is 6.10 Å². The first-order chi connectivity index (χ1) is 9.06. The van der Waals surface area contributed by atoms with Crippen LogP contribution in [0.5, 0.6) is 0 Å². The average molecular weight is 266 g/mol. The summed E-state index contributed by atoms with van der Waals surface area (Å²) in [5, 5.41) is 9.17. The van der Waals surface area contributed by atoms with Gasteiger partial charge in [-0.15, -0.1) is 0 Å². The highest BCUT2D eigenvalue weighted by Crippen LogP contribution is 2.23. The summed E-state index contributed by atoms with van der Waals surface area (Å²) in [6.07, 6.45) is 5.83. The van der Waals surface area contributed by atoms with Gasteiger partial charge in [0.2, 0.25) is 5.91 Å². The lowest BCUT2D eigenvalue weighted by Gasteiger charge is -2.35. The summed E-state index contributed by atoms with van der Waals surface area (Å²) in [6, 6.07) is 0. The number of β-amino-alcohol motifs (C(OH)–C–C–N with tert-alkyl or cyclic N) is 1. The number of carbonyl (C=O) groups is 1. The Hall–Kier alpha value is -0.870. The van der Waals surface area contributed by atoms with Crippen LogP contribution in [0.4, 0.5) is 0 Å². The van der Waals surface area contributed by atoms with E-state index in [1.807, 2.05) is 11.0 Å². The van der Waals surface area contributed by atoms with Crippen LogP contribution in [0.15, 0.2) is 12.2 Å². The molecule has 1 atom stereocenters. The maximum atomic E-state index is 12.1. The Morgan fingerprint density at radius 3 is 2.74 bits per heavy atom. The lowest BCUT2D eigenvalue weighted by Crippen LogP contribution is -2.50. The number of rotatable bonds is 4. The standard InChI is InChI=1S/C15H26N2O2/c1-12(2)13-5-3-8-17(9-13)15(19)6-4-7-16-10-14(18)11-16/h4,6,12-14,18H,3,5,7-11H2,1-2H3. The molecule has 2 rings (SSSR count). The largest absolute Gasteiger partial charge is 0.390 e. The van der Waals surface area contributed by atoms with Crippen molar-refractivity contribution in [2.75, 3.05) is 32.7 Å². The quantitative estimate of drug-likeness (QED) is 0.775. The molecule has 0 aromatic heterocycles. The lowest BCUT2D eigenvalue weighted by molar-refractivity contribution is -0.128. The SMILES string of the molecule is CC(C)C1CCCN(C(=O)C=CCN2CC(O)C2)C1. The molecule has 2 heterocycles. The van der Waals surface area contributed by atoms with Gasteiger partial charge in [0.25, 0.3) is 0 Å². The molecule has 0 spiro atoms. The first kappa shape index (κ1) is 14.5. The van der Waals surface area contributed by atoms with Crippen LogP contribution in [0.1, 0.15) is 26.7 Å². The number of amides is 1. The molecule has 0 aromatic carbocycles. The van der Waals surface area contributed by atoms with Gasteiger partial charge in [-0.3, -0.25) is 9.69 Å². The van der Waals surface area contributed by atoms with Crippen LogP contribution in [0.2, 0.25) is 0 Å². The molecule has 2 aliphatic heterocycles. The van der Waals surface area contributed by atoms with Crippen molar-refractivity contribution in [3.05, 3.63) is 12.2 Å². The number of hydrogen-bond acceptors (Lipinski definition) is 3. The second-order valence-electron chi connectivity index (χ2n) is 6.21. The summed E-state index contributed by atoms with van der Waals surface area (Å²) in [4.78, 5) is 16.2. The third-order valence-electron chi connectivity index (χ3n) is 4.27. The Bertz CT molecular complexity index is 335. The minimum absolute atomic E-state index is 0.145. The summed E-state index contributed by atoms with van der Waals surface area (Å²) in [7, 11) is 0. The number of piperidine rings is 1. The molecular weight excluding hydrogens is 240 g/mol. The van der Waals surface area contributed by atoms with E-state index >= 15 is 0 Å². The van der Waals surface area contributed by atoms with Crippen molar-refractivity contribution >= 4 is 5.91 Å². The van der Waals surface area contributed by atoms with Gasteiger partial charge in [0, 0.05) is 38.8 Å². The molecule has 19 heavy (non-hydrogen) atoms. The zero-order valence-corrected chi connectivity index (χ0v) is 12.1. The lowest BCUT2D eigenvalue weighted by atomic mass is 9.88. The molecule has 0 aromatic rings. The molecular formula is C15H26N2O2. The van der Waals surface area contributed by atoms with Crippen molar-refractivity contribution in [1.82, 2.24) is 9.80 Å². The van der Waals surface area contributed by atoms with Crippen molar-refractivity contribution in [2.24, 2.45) is 11.8 Å². The van der Waals surface area contributed by atoms with Gasteiger partial charge in [-0.1, -0.05) is 19.9 Å². The Morgan fingerprint density at radius 2 is 2.11 bits per heavy atom. The van der Waals surface area contributed by atoms with E-state index in [-0.39, 0.29) is 12.0 Å². The number of nitrogens with zero attached hydrogens (tertiary/aromatic N) is 2. The molecule has 2 aliphatic rings. The zero-order valence-electron chi connectivity index (χ0n) is 12.1. The zero-order chi connectivity index (χ0) is 13.8. The molecule has 0 saturated carbocycles. The average Bonchev–Trinajstić information content (AvgIpc) is 2.36. The smallest absolute Gasteiger partial charge is 0.246 e. The highest BCUT2D eigenvalue weighted by Gasteiger charge is 2.25. The molecule has 1 unspecified atom stereocenters. The van der Waals surface area contributed by atoms with Crippen LogP contribution in [0.25, 0.3) is 0 Å². The predicted octanol–water partition coefficient (Wildman–Crippen LogP) is 1.11. The molecule has 0 bridgehead atoms. The van der Waals surface area contributed by atoms with Gasteiger partial charge in [0.15, 0.2) is 0 Å². The topological polar surface area (TPSA) is 43.8 Å². The summed E-state index contributed by atoms with van der Waals surface area (Å²) < 4.78 is 0. The van der Waals surface area contributed by atoms with E-state index in [4.69, 9.17) is 0 Å². The summed E-state index contributed by atoms with van der Waals surface area (Å²) >= 11 is 0. The first-order valence-corrected chi connectivity index (χ1v) is 7.42. The monoisotopic (exact) mass is 266 g/mol. The Balaban J connectivity index is 1.74. The van der Waals surface area contributed by atoms with Crippen LogP contribution >= 0.6 is 0 Å². The fourth-order valence-electron chi connectivity index (χ4n) is 2.85. The fourth-order valence-corrected chi connectivity index (χ4v) is 2.85. The highest BCUT2D eigenvalue weighted by molar-refractivity contribution is 5.87. The maximum absolute atomic E-state index is 12.1. The molecule has 4 nitrogen and oxygen atoms in total. The third kappa shape index (κ3) is 4.05. The van der Waals surface area contributed by atoms with Gasteiger partial charge in [-0.25, -0.2) is 0 Å². The van der Waals surface area contributed by atoms with Gasteiger partial charge < -0.3 is 10.0 Å². The van der Waals surface area contributed by atoms with E-state index in [9.17, 15) is 9.90 Å². The van der Waals surface area contributed by atoms with Crippen molar-refractivity contribution in [2.45, 2.75) is 32.8 Å². The normalized spacial score (nSPS) is 26.1. The van der Waals surface area contributed by atoms with Crippen molar-refractivity contribution < 1.29 is 9.90 Å². The predicted molar refractivity (Wildman–Crippen MR) is 75.7 cm³/mol. The van der Waals surface area contributed by atoms with E-state index < -0.39 is 0 Å². The number of carbonyl (C=O) groups excluding carboxylic acids is 1. The Kier molecular flexibility index (Phi) is 4.99. The minimum Gasteiger partial charge on any atom is -0.390 e. The maximum Gasteiger partial charge on any atom is 0.246 e. The van der Waals surface area contributed by atoms with Crippen molar-refractivity contribution in [3.63, 3.8) is 0 Å². The molecule has 0 radical (unpaired) electrons. The van der Waals surface area contributed by atoms with Gasteiger partial charge >= 0.3 is 0 Å². The van der Waals surface area contributed by atoms with Gasteiger partial charge in [0.1, 0.15) is 0 Å². The van der Waals surface area contributed by atoms with Crippen molar-refractivity contribution in [1.29, 1.82) is 0 Å². The number of likely N-dealkylation sites (tertiary alicyclic amines) is 2. The van der Waals surface area contributed by atoms with E-state index in [0.717, 1.165) is 39.1 Å². The van der Waals surface area contributed by atoms with Gasteiger partial charge in [-0.05, 0) is 24.7 Å². The van der Waals surface area contributed by atoms with Crippen LogP contribution in [0, 0.1) is 11.8 Å². The van der Waals surface area contributed by atoms with E-state index in [1.165, 1.54) is 6.42 Å². The summed E-state index contributed by atoms with van der Waals surface area (Å²) in [5.41, 5.74) is 0. The Labute approximate surface area is 116 Å². The minimum atomic E-state index is -0.169. The highest BCUT2D eigenvalue weighted by atomic mass is 16.3. The molecule has 4 heteroatoms. The third-order valence-corrected chi connectivity index (χ3v) is 4.27. The summed E-state index contributed by atoms with van der Waals surface area (Å²) in [5.74, 6) is 1.45. The number of aliphatic hydroxyl groups excluding tert-OH is 1.